The van der Waals surface area contributed by atoms with Crippen molar-refractivity contribution in [2.45, 2.75) is 13.0 Å². The molecule has 0 saturated heterocycles. The normalized spacial score (nSPS) is 12.5. The predicted octanol–water partition coefficient (Wildman–Crippen LogP) is 5.11. The zero-order valence-corrected chi connectivity index (χ0v) is 13.0. The van der Waals surface area contributed by atoms with Gasteiger partial charge in [0.2, 0.25) is 0 Å². The van der Waals surface area contributed by atoms with Crippen LogP contribution in [0.5, 0.6) is 0 Å². The monoisotopic (exact) mass is 295 g/mol. The maximum absolute atomic E-state index is 6.53. The predicted molar refractivity (Wildman–Crippen MR) is 91.0 cm³/mol. The van der Waals surface area contributed by atoms with E-state index in [1.165, 1.54) is 16.3 Å². The summed E-state index contributed by atoms with van der Waals surface area (Å²) in [6.07, 6.45) is 0. The van der Waals surface area contributed by atoms with Crippen LogP contribution in [0.3, 0.4) is 0 Å². The summed E-state index contributed by atoms with van der Waals surface area (Å²) in [5.74, 6) is 0. The van der Waals surface area contributed by atoms with Gasteiger partial charge in [0.1, 0.15) is 0 Å². The molecule has 21 heavy (non-hydrogen) atoms. The van der Waals surface area contributed by atoms with E-state index in [1.807, 2.05) is 20.0 Å². The molecular weight excluding hydrogens is 278 g/mol. The molecule has 0 aliphatic carbocycles. The van der Waals surface area contributed by atoms with E-state index >= 15 is 0 Å². The van der Waals surface area contributed by atoms with E-state index < -0.39 is 0 Å². The van der Waals surface area contributed by atoms with E-state index in [2.05, 4.69) is 59.9 Å². The zero-order valence-electron chi connectivity index (χ0n) is 12.2. The van der Waals surface area contributed by atoms with Gasteiger partial charge in [-0.2, -0.15) is 0 Å². The third kappa shape index (κ3) is 2.55. The summed E-state index contributed by atoms with van der Waals surface area (Å²) in [7, 11) is 1.98. The van der Waals surface area contributed by atoms with E-state index in [9.17, 15) is 0 Å². The molecule has 3 aromatic carbocycles. The van der Waals surface area contributed by atoms with Gasteiger partial charge >= 0.3 is 0 Å². The third-order valence-electron chi connectivity index (χ3n) is 3.96. The fraction of sp³-hybridized carbons (Fsp3) is 0.158. The van der Waals surface area contributed by atoms with Crippen LogP contribution in [0.4, 0.5) is 0 Å². The second kappa shape index (κ2) is 5.88. The highest BCUT2D eigenvalue weighted by Crippen LogP contribution is 2.33. The summed E-state index contributed by atoms with van der Waals surface area (Å²) >= 11 is 6.53. The molecule has 0 aliphatic rings. The van der Waals surface area contributed by atoms with Crippen LogP contribution in [0.25, 0.3) is 10.8 Å². The average Bonchev–Trinajstić information content (AvgIpc) is 2.52. The van der Waals surface area contributed by atoms with Crippen molar-refractivity contribution in [2.75, 3.05) is 7.05 Å². The average molecular weight is 296 g/mol. The van der Waals surface area contributed by atoms with Crippen LogP contribution < -0.4 is 5.32 Å². The van der Waals surface area contributed by atoms with Crippen LogP contribution in [-0.4, -0.2) is 7.05 Å². The van der Waals surface area contributed by atoms with E-state index in [0.717, 1.165) is 16.1 Å². The Morgan fingerprint density at radius 3 is 2.33 bits per heavy atom. The van der Waals surface area contributed by atoms with Gasteiger partial charge in [-0.15, -0.1) is 0 Å². The second-order valence-corrected chi connectivity index (χ2v) is 5.65. The van der Waals surface area contributed by atoms with Gasteiger partial charge in [-0.3, -0.25) is 0 Å². The fourth-order valence-corrected chi connectivity index (χ4v) is 3.11. The summed E-state index contributed by atoms with van der Waals surface area (Å²) in [6.45, 7) is 2.04. The minimum absolute atomic E-state index is 0.0866. The first-order chi connectivity index (χ1) is 10.2. The zero-order chi connectivity index (χ0) is 14.8. The van der Waals surface area contributed by atoms with Gasteiger partial charge < -0.3 is 5.32 Å². The number of halogens is 1. The first-order valence-electron chi connectivity index (χ1n) is 7.12. The largest absolute Gasteiger partial charge is 0.309 e. The minimum Gasteiger partial charge on any atom is -0.309 e. The van der Waals surface area contributed by atoms with Crippen LogP contribution >= 0.6 is 11.6 Å². The number of hydrogen-bond donors (Lipinski definition) is 1. The maximum atomic E-state index is 6.53. The number of fused-ring (bicyclic) bond motifs is 1. The molecule has 0 saturated carbocycles. The van der Waals surface area contributed by atoms with Crippen molar-refractivity contribution in [3.8, 4) is 0 Å². The number of aryl methyl sites for hydroxylation is 1. The quantitative estimate of drug-likeness (QED) is 0.708. The van der Waals surface area contributed by atoms with Gasteiger partial charge in [0, 0.05) is 5.02 Å². The van der Waals surface area contributed by atoms with Crippen LogP contribution in [0.15, 0.2) is 60.7 Å². The molecule has 3 rings (SSSR count). The van der Waals surface area contributed by atoms with Crippen LogP contribution in [-0.2, 0) is 0 Å². The molecule has 0 aliphatic heterocycles. The van der Waals surface area contributed by atoms with E-state index in [4.69, 9.17) is 11.6 Å². The summed E-state index contributed by atoms with van der Waals surface area (Å²) in [6, 6.07) is 21.2. The van der Waals surface area contributed by atoms with Crippen LogP contribution in [0.2, 0.25) is 5.02 Å². The first-order valence-corrected chi connectivity index (χ1v) is 7.50. The van der Waals surface area contributed by atoms with Crippen molar-refractivity contribution in [2.24, 2.45) is 0 Å². The van der Waals surface area contributed by atoms with E-state index in [-0.39, 0.29) is 6.04 Å². The first kappa shape index (κ1) is 14.1. The molecule has 0 radical (unpaired) electrons. The van der Waals surface area contributed by atoms with Crippen molar-refractivity contribution in [1.82, 2.24) is 5.32 Å². The summed E-state index contributed by atoms with van der Waals surface area (Å²) in [5.41, 5.74) is 3.48. The molecule has 0 bridgehead atoms. The van der Waals surface area contributed by atoms with Crippen LogP contribution in [0.1, 0.15) is 22.7 Å². The molecule has 1 atom stereocenters. The lowest BCUT2D eigenvalue weighted by atomic mass is 9.93. The lowest BCUT2D eigenvalue weighted by Crippen LogP contribution is -2.18. The standard InChI is InChI=1S/C19H18ClN/c1-13-7-5-12-17(18(13)20)19(21-2)16-11-6-9-14-8-3-4-10-15(14)16/h3-12,19,21H,1-2H3. The SMILES string of the molecule is CNC(c1cccc(C)c1Cl)c1cccc2ccccc12. The molecule has 1 N–H and O–H groups in total. The second-order valence-electron chi connectivity index (χ2n) is 5.27. The number of nitrogens with one attached hydrogen (secondary N) is 1. The highest BCUT2D eigenvalue weighted by molar-refractivity contribution is 6.32. The molecular formula is C19H18ClN. The fourth-order valence-electron chi connectivity index (χ4n) is 2.87. The van der Waals surface area contributed by atoms with Gasteiger partial charge in [-0.1, -0.05) is 72.3 Å². The molecule has 3 aromatic rings. The number of hydrogen-bond acceptors (Lipinski definition) is 1. The molecule has 0 aromatic heterocycles. The highest BCUT2D eigenvalue weighted by atomic mass is 35.5. The van der Waals surface area contributed by atoms with Crippen molar-refractivity contribution in [3.63, 3.8) is 0 Å². The Kier molecular flexibility index (Phi) is 3.96. The number of rotatable bonds is 3. The maximum Gasteiger partial charge on any atom is 0.0595 e. The molecule has 0 heterocycles. The highest BCUT2D eigenvalue weighted by Gasteiger charge is 2.17. The Morgan fingerprint density at radius 2 is 1.52 bits per heavy atom. The molecule has 0 amide bonds. The lowest BCUT2D eigenvalue weighted by Gasteiger charge is -2.21. The molecule has 1 nitrogen and oxygen atoms in total. The third-order valence-corrected chi connectivity index (χ3v) is 4.47. The lowest BCUT2D eigenvalue weighted by molar-refractivity contribution is 0.696. The Hall–Kier alpha value is -1.83. The van der Waals surface area contributed by atoms with Crippen LogP contribution in [0, 0.1) is 6.92 Å². The van der Waals surface area contributed by atoms with E-state index in [1.54, 1.807) is 0 Å². The van der Waals surface area contributed by atoms with Gasteiger partial charge in [0.15, 0.2) is 0 Å². The summed E-state index contributed by atoms with van der Waals surface area (Å²) in [5, 5.41) is 6.76. The smallest absolute Gasteiger partial charge is 0.0595 e. The Balaban J connectivity index is 2.21. The van der Waals surface area contributed by atoms with Crippen molar-refractivity contribution in [3.05, 3.63) is 82.4 Å². The topological polar surface area (TPSA) is 12.0 Å². The Labute approximate surface area is 130 Å². The number of benzene rings is 3. The van der Waals surface area contributed by atoms with Crippen molar-refractivity contribution >= 4 is 22.4 Å². The molecule has 0 fully saturated rings. The van der Waals surface area contributed by atoms with Gasteiger partial charge in [0.25, 0.3) is 0 Å². The summed E-state index contributed by atoms with van der Waals surface area (Å²) < 4.78 is 0. The minimum atomic E-state index is 0.0866. The van der Waals surface area contributed by atoms with Gasteiger partial charge in [-0.05, 0) is 41.4 Å². The Bertz CT molecular complexity index is 774. The molecule has 106 valence electrons. The van der Waals surface area contributed by atoms with Gasteiger partial charge in [-0.25, -0.2) is 0 Å². The molecule has 0 spiro atoms. The molecule has 2 heteroatoms. The summed E-state index contributed by atoms with van der Waals surface area (Å²) in [4.78, 5) is 0. The Morgan fingerprint density at radius 1 is 0.857 bits per heavy atom. The molecule has 1 unspecified atom stereocenters. The van der Waals surface area contributed by atoms with E-state index in [0.29, 0.717) is 0 Å². The van der Waals surface area contributed by atoms with Crippen molar-refractivity contribution < 1.29 is 0 Å². The van der Waals surface area contributed by atoms with Crippen molar-refractivity contribution in [1.29, 1.82) is 0 Å². The van der Waals surface area contributed by atoms with Gasteiger partial charge in [0.05, 0.1) is 6.04 Å².